The predicted octanol–water partition coefficient (Wildman–Crippen LogP) is 2.73. The van der Waals surface area contributed by atoms with E-state index in [9.17, 15) is 4.79 Å². The third-order valence-corrected chi connectivity index (χ3v) is 6.16. The van der Waals surface area contributed by atoms with E-state index < -0.39 is 0 Å². The number of likely N-dealkylation sites (tertiary alicyclic amines) is 1. The van der Waals surface area contributed by atoms with Gasteiger partial charge < -0.3 is 9.64 Å². The van der Waals surface area contributed by atoms with Crippen LogP contribution < -0.4 is 4.74 Å². The predicted molar refractivity (Wildman–Crippen MR) is 95.5 cm³/mol. The Bertz CT molecular complexity index is 828. The quantitative estimate of drug-likeness (QED) is 0.851. The van der Waals surface area contributed by atoms with Crippen LogP contribution in [-0.4, -0.2) is 45.5 Å². The molecule has 1 amide bonds. The van der Waals surface area contributed by atoms with E-state index in [1.807, 2.05) is 34.9 Å². The summed E-state index contributed by atoms with van der Waals surface area (Å²) in [5, 5.41) is 8.97. The number of nitrogens with zero attached hydrogens (tertiary/aromatic N) is 3. The summed E-state index contributed by atoms with van der Waals surface area (Å²) in [6.45, 7) is 1.46. The zero-order valence-electron chi connectivity index (χ0n) is 13.6. The first kappa shape index (κ1) is 16.0. The van der Waals surface area contributed by atoms with Crippen molar-refractivity contribution in [3.63, 3.8) is 0 Å². The molecule has 0 aliphatic carbocycles. The third-order valence-electron chi connectivity index (χ3n) is 4.58. The summed E-state index contributed by atoms with van der Waals surface area (Å²) in [5.41, 5.74) is 1.10. The number of benzene rings is 1. The number of pyridine rings is 1. The van der Waals surface area contributed by atoms with Gasteiger partial charge in [-0.1, -0.05) is 12.1 Å². The molecule has 1 aromatic carbocycles. The summed E-state index contributed by atoms with van der Waals surface area (Å²) in [4.78, 5) is 18.6. The second-order valence-electron chi connectivity index (χ2n) is 6.46. The van der Waals surface area contributed by atoms with Gasteiger partial charge in [-0.3, -0.25) is 4.79 Å². The van der Waals surface area contributed by atoms with Crippen molar-refractivity contribution in [2.75, 3.05) is 18.8 Å². The molecule has 0 bridgehead atoms. The van der Waals surface area contributed by atoms with Crippen LogP contribution in [-0.2, 0) is 0 Å². The molecule has 2 aliphatic heterocycles. The van der Waals surface area contributed by atoms with Crippen LogP contribution in [0, 0.1) is 11.3 Å². The average Bonchev–Trinajstić information content (AvgIpc) is 3.05. The Hall–Kier alpha value is -2.52. The fraction of sp³-hybridized carbons (Fsp3) is 0.316. The molecule has 0 radical (unpaired) electrons. The van der Waals surface area contributed by atoms with E-state index in [1.165, 1.54) is 0 Å². The number of ether oxygens (including phenoxy) is 1. The number of thioether (sulfide) groups is 1. The van der Waals surface area contributed by atoms with Gasteiger partial charge in [0.05, 0.1) is 16.4 Å². The lowest BCUT2D eigenvalue weighted by molar-refractivity contribution is 0.0516. The van der Waals surface area contributed by atoms with Crippen LogP contribution in [0.1, 0.15) is 22.3 Å². The molecule has 126 valence electrons. The Morgan fingerprint density at radius 3 is 2.96 bits per heavy atom. The Morgan fingerprint density at radius 2 is 2.20 bits per heavy atom. The lowest BCUT2D eigenvalue weighted by atomic mass is 9.92. The number of rotatable bonds is 3. The van der Waals surface area contributed by atoms with Crippen LogP contribution in [0.25, 0.3) is 0 Å². The second kappa shape index (κ2) is 6.41. The molecule has 1 atom stereocenters. The molecule has 2 saturated heterocycles. The van der Waals surface area contributed by atoms with Crippen LogP contribution in [0.3, 0.4) is 0 Å². The number of aromatic nitrogens is 1. The number of hydrogen-bond acceptors (Lipinski definition) is 5. The summed E-state index contributed by atoms with van der Waals surface area (Å²) in [7, 11) is 0. The van der Waals surface area contributed by atoms with Crippen molar-refractivity contribution in [1.82, 2.24) is 9.88 Å². The van der Waals surface area contributed by atoms with E-state index in [0.717, 1.165) is 25.3 Å². The van der Waals surface area contributed by atoms with E-state index >= 15 is 0 Å². The summed E-state index contributed by atoms with van der Waals surface area (Å²) in [6.07, 6.45) is 2.79. The highest BCUT2D eigenvalue weighted by atomic mass is 32.2. The van der Waals surface area contributed by atoms with Gasteiger partial charge in [-0.25, -0.2) is 4.98 Å². The summed E-state index contributed by atoms with van der Waals surface area (Å²) >= 11 is 1.88. The van der Waals surface area contributed by atoms with Crippen molar-refractivity contribution in [2.24, 2.45) is 0 Å². The first-order valence-electron chi connectivity index (χ1n) is 8.19. The standard InChI is InChI=1S/C19H17N3O2S/c20-10-14-4-3-5-15(8-14)18(23)22-12-19(13-22)9-16(11-25-19)24-17-6-1-2-7-21-17/h1-8,16H,9,11-13H2. The summed E-state index contributed by atoms with van der Waals surface area (Å²) in [6, 6.07) is 14.6. The van der Waals surface area contributed by atoms with Crippen molar-refractivity contribution in [1.29, 1.82) is 5.26 Å². The van der Waals surface area contributed by atoms with Crippen LogP contribution in [0.5, 0.6) is 5.88 Å². The van der Waals surface area contributed by atoms with Gasteiger partial charge in [0.25, 0.3) is 5.91 Å². The fourth-order valence-corrected chi connectivity index (χ4v) is 4.91. The molecule has 0 N–H and O–H groups in total. The molecule has 2 aliphatic rings. The van der Waals surface area contributed by atoms with Gasteiger partial charge in [-0.05, 0) is 24.3 Å². The minimum atomic E-state index is -0.00239. The first-order chi connectivity index (χ1) is 12.2. The van der Waals surface area contributed by atoms with Crippen molar-refractivity contribution >= 4 is 17.7 Å². The molecule has 1 unspecified atom stereocenters. The Labute approximate surface area is 150 Å². The van der Waals surface area contributed by atoms with E-state index in [2.05, 4.69) is 11.1 Å². The smallest absolute Gasteiger partial charge is 0.253 e. The molecule has 3 heterocycles. The van der Waals surface area contributed by atoms with Gasteiger partial charge in [-0.15, -0.1) is 11.8 Å². The highest BCUT2D eigenvalue weighted by molar-refractivity contribution is 8.01. The van der Waals surface area contributed by atoms with E-state index in [4.69, 9.17) is 10.00 Å². The maximum Gasteiger partial charge on any atom is 0.253 e. The van der Waals surface area contributed by atoms with Crippen molar-refractivity contribution in [3.05, 3.63) is 59.8 Å². The zero-order valence-corrected chi connectivity index (χ0v) is 14.4. The topological polar surface area (TPSA) is 66.2 Å². The molecule has 0 saturated carbocycles. The minimum absolute atomic E-state index is 0.00239. The lowest BCUT2D eigenvalue weighted by Crippen LogP contribution is -2.60. The molecule has 2 aromatic rings. The van der Waals surface area contributed by atoms with Crippen LogP contribution >= 0.6 is 11.8 Å². The summed E-state index contributed by atoms with van der Waals surface area (Å²) < 4.78 is 6.04. The maximum absolute atomic E-state index is 12.6. The Kier molecular flexibility index (Phi) is 4.10. The van der Waals surface area contributed by atoms with E-state index in [0.29, 0.717) is 17.0 Å². The van der Waals surface area contributed by atoms with Gasteiger partial charge in [-0.2, -0.15) is 5.26 Å². The molecular weight excluding hydrogens is 334 g/mol. The third kappa shape index (κ3) is 3.20. The highest BCUT2D eigenvalue weighted by Gasteiger charge is 2.51. The van der Waals surface area contributed by atoms with E-state index in [1.54, 1.807) is 30.5 Å². The van der Waals surface area contributed by atoms with Crippen molar-refractivity contribution in [3.8, 4) is 11.9 Å². The van der Waals surface area contributed by atoms with Gasteiger partial charge in [0.2, 0.25) is 5.88 Å². The monoisotopic (exact) mass is 351 g/mol. The van der Waals surface area contributed by atoms with Gasteiger partial charge >= 0.3 is 0 Å². The molecule has 5 nitrogen and oxygen atoms in total. The largest absolute Gasteiger partial charge is 0.473 e. The Balaban J connectivity index is 1.35. The van der Waals surface area contributed by atoms with Crippen LogP contribution in [0.15, 0.2) is 48.7 Å². The summed E-state index contributed by atoms with van der Waals surface area (Å²) in [5.74, 6) is 1.57. The van der Waals surface area contributed by atoms with Gasteiger partial charge in [0.15, 0.2) is 0 Å². The van der Waals surface area contributed by atoms with E-state index in [-0.39, 0.29) is 16.8 Å². The molecule has 4 rings (SSSR count). The second-order valence-corrected chi connectivity index (χ2v) is 7.95. The van der Waals surface area contributed by atoms with Gasteiger partial charge in [0, 0.05) is 43.1 Å². The fourth-order valence-electron chi connectivity index (χ4n) is 3.38. The molecule has 6 heteroatoms. The number of nitriles is 1. The molecule has 1 spiro atoms. The number of carbonyl (C=O) groups excluding carboxylic acids is 1. The Morgan fingerprint density at radius 1 is 1.32 bits per heavy atom. The normalized spacial score (nSPS) is 20.8. The lowest BCUT2D eigenvalue weighted by Gasteiger charge is -2.47. The molecule has 2 fully saturated rings. The molecular formula is C19H17N3O2S. The van der Waals surface area contributed by atoms with Crippen molar-refractivity contribution < 1.29 is 9.53 Å². The van der Waals surface area contributed by atoms with Crippen LogP contribution in [0.4, 0.5) is 0 Å². The first-order valence-corrected chi connectivity index (χ1v) is 9.17. The average molecular weight is 351 g/mol. The number of amides is 1. The number of carbonyl (C=O) groups is 1. The minimum Gasteiger partial charge on any atom is -0.473 e. The SMILES string of the molecule is N#Cc1cccc(C(=O)N2CC3(CC(Oc4ccccn4)CS3)C2)c1. The van der Waals surface area contributed by atoms with Gasteiger partial charge in [0.1, 0.15) is 6.10 Å². The highest BCUT2D eigenvalue weighted by Crippen LogP contribution is 2.46. The molecule has 25 heavy (non-hydrogen) atoms. The molecule has 1 aromatic heterocycles. The van der Waals surface area contributed by atoms with Crippen molar-refractivity contribution in [2.45, 2.75) is 17.3 Å². The zero-order chi connectivity index (χ0) is 17.3. The maximum atomic E-state index is 12.6. The number of hydrogen-bond donors (Lipinski definition) is 0. The van der Waals surface area contributed by atoms with Crippen LogP contribution in [0.2, 0.25) is 0 Å².